The second kappa shape index (κ2) is 17.0. The molecule has 48 heavy (non-hydrogen) atoms. The van der Waals surface area contributed by atoms with Crippen molar-refractivity contribution >= 4 is 57.2 Å². The van der Waals surface area contributed by atoms with Gasteiger partial charge in [-0.25, -0.2) is 18.6 Å². The molecule has 4 aromatic rings. The second-order valence-electron chi connectivity index (χ2n) is 10.1. The van der Waals surface area contributed by atoms with Gasteiger partial charge in [-0.05, 0) is 79.6 Å². The van der Waals surface area contributed by atoms with Crippen LogP contribution >= 0.6 is 11.6 Å². The zero-order chi connectivity index (χ0) is 34.5. The van der Waals surface area contributed by atoms with Crippen LogP contribution in [0.15, 0.2) is 105 Å². The fourth-order valence-electron chi connectivity index (χ4n) is 4.20. The molecular weight excluding hydrogens is 662 g/mol. The van der Waals surface area contributed by atoms with Crippen molar-refractivity contribution in [2.45, 2.75) is 24.8 Å². The topological polar surface area (TPSA) is 176 Å². The molecule has 0 fully saturated rings. The lowest BCUT2D eigenvalue weighted by Gasteiger charge is -2.21. The summed E-state index contributed by atoms with van der Waals surface area (Å²) in [5.41, 5.74) is 3.82. The first-order valence-corrected chi connectivity index (χ1v) is 16.4. The standard InChI is InChI=1S/C33H32ClN5O8S/c1-2-46-33(43)24-8-12-26(13-9-24)37-32(42)31(41)35-20-27-14-15-28(47-27)21-36-38-30(40)22-39(19-18-23-6-4-3-5-7-23)48(44,45)29-16-10-25(34)11-17-29/h3-17,21H,2,18-20,22H2,1H3,(H,35,41)(H,37,42)(H,38,40)/b36-21-. The number of benzene rings is 3. The molecule has 0 atom stereocenters. The van der Waals surface area contributed by atoms with Crippen molar-refractivity contribution in [1.29, 1.82) is 0 Å². The van der Waals surface area contributed by atoms with Gasteiger partial charge in [0.25, 0.3) is 5.91 Å². The third-order valence-electron chi connectivity index (χ3n) is 6.61. The summed E-state index contributed by atoms with van der Waals surface area (Å²) in [7, 11) is -4.04. The molecule has 3 amide bonds. The van der Waals surface area contributed by atoms with Crippen molar-refractivity contribution < 1.29 is 36.7 Å². The highest BCUT2D eigenvalue weighted by Gasteiger charge is 2.26. The summed E-state index contributed by atoms with van der Waals surface area (Å²) in [5, 5.41) is 9.08. The van der Waals surface area contributed by atoms with Gasteiger partial charge in [0.1, 0.15) is 11.5 Å². The molecule has 1 heterocycles. The Labute approximate surface area is 282 Å². The number of nitrogens with one attached hydrogen (secondary N) is 3. The Kier molecular flexibility index (Phi) is 12.6. The second-order valence-corrected chi connectivity index (χ2v) is 12.4. The number of ether oxygens (including phenoxy) is 1. The lowest BCUT2D eigenvalue weighted by molar-refractivity contribution is -0.136. The molecule has 0 radical (unpaired) electrons. The molecule has 0 aliphatic carbocycles. The summed E-state index contributed by atoms with van der Waals surface area (Å²) in [6, 6.07) is 23.9. The Morgan fingerprint density at radius 3 is 2.31 bits per heavy atom. The minimum atomic E-state index is -4.04. The largest absolute Gasteiger partial charge is 0.462 e. The highest BCUT2D eigenvalue weighted by atomic mass is 35.5. The van der Waals surface area contributed by atoms with Crippen LogP contribution in [0.3, 0.4) is 0 Å². The van der Waals surface area contributed by atoms with Gasteiger partial charge in [-0.1, -0.05) is 41.9 Å². The highest BCUT2D eigenvalue weighted by Crippen LogP contribution is 2.19. The van der Waals surface area contributed by atoms with E-state index < -0.39 is 40.3 Å². The minimum Gasteiger partial charge on any atom is -0.462 e. The first-order valence-electron chi connectivity index (χ1n) is 14.6. The number of carbonyl (C=O) groups excluding carboxylic acids is 4. The van der Waals surface area contributed by atoms with Gasteiger partial charge >= 0.3 is 17.8 Å². The van der Waals surface area contributed by atoms with Crippen molar-refractivity contribution in [3.63, 3.8) is 0 Å². The maximum Gasteiger partial charge on any atom is 0.338 e. The van der Waals surface area contributed by atoms with Crippen molar-refractivity contribution in [2.24, 2.45) is 5.10 Å². The summed E-state index contributed by atoms with van der Waals surface area (Å²) < 4.78 is 38.3. The fraction of sp³-hybridized carbons (Fsp3) is 0.182. The molecule has 0 spiro atoms. The fourth-order valence-corrected chi connectivity index (χ4v) is 5.72. The number of esters is 1. The summed E-state index contributed by atoms with van der Waals surface area (Å²) in [5.74, 6) is -2.51. The zero-order valence-electron chi connectivity index (χ0n) is 25.7. The summed E-state index contributed by atoms with van der Waals surface area (Å²) in [6.07, 6.45) is 1.58. The van der Waals surface area contributed by atoms with E-state index in [0.717, 1.165) is 9.87 Å². The van der Waals surface area contributed by atoms with E-state index in [2.05, 4.69) is 21.2 Å². The third kappa shape index (κ3) is 10.4. The summed E-state index contributed by atoms with van der Waals surface area (Å²) >= 11 is 5.92. The molecule has 3 aromatic carbocycles. The zero-order valence-corrected chi connectivity index (χ0v) is 27.3. The molecule has 4 rings (SSSR count). The number of amides is 3. The van der Waals surface area contributed by atoms with Crippen molar-refractivity contribution in [2.75, 3.05) is 25.0 Å². The summed E-state index contributed by atoms with van der Waals surface area (Å²) in [4.78, 5) is 49.0. The van der Waals surface area contributed by atoms with Crippen molar-refractivity contribution in [3.8, 4) is 0 Å². The number of hydrogen-bond acceptors (Lipinski definition) is 9. The van der Waals surface area contributed by atoms with Crippen LogP contribution in [0.2, 0.25) is 5.02 Å². The van der Waals surface area contributed by atoms with Gasteiger partial charge in [0, 0.05) is 17.3 Å². The number of sulfonamides is 1. The van der Waals surface area contributed by atoms with Crippen LogP contribution < -0.4 is 16.1 Å². The van der Waals surface area contributed by atoms with Gasteiger partial charge < -0.3 is 19.8 Å². The Morgan fingerprint density at radius 2 is 1.62 bits per heavy atom. The Bertz CT molecular complexity index is 1860. The maximum absolute atomic E-state index is 13.4. The first kappa shape index (κ1) is 35.5. The first-order chi connectivity index (χ1) is 23.0. The van der Waals surface area contributed by atoms with Gasteiger partial charge in [0.05, 0.1) is 36.4 Å². The van der Waals surface area contributed by atoms with Gasteiger partial charge in [-0.2, -0.15) is 9.41 Å². The van der Waals surface area contributed by atoms with Gasteiger partial charge in [-0.3, -0.25) is 14.4 Å². The molecular formula is C33H32ClN5O8S. The smallest absolute Gasteiger partial charge is 0.338 e. The number of rotatable bonds is 14. The number of hydrogen-bond donors (Lipinski definition) is 3. The van der Waals surface area contributed by atoms with Crippen LogP contribution in [0, 0.1) is 0 Å². The molecule has 0 aliphatic heterocycles. The predicted octanol–water partition coefficient (Wildman–Crippen LogP) is 3.75. The van der Waals surface area contributed by atoms with Crippen LogP contribution in [0.5, 0.6) is 0 Å². The molecule has 250 valence electrons. The van der Waals surface area contributed by atoms with Crippen molar-refractivity contribution in [3.05, 3.63) is 119 Å². The van der Waals surface area contributed by atoms with E-state index in [9.17, 15) is 27.6 Å². The van der Waals surface area contributed by atoms with Crippen LogP contribution in [-0.2, 0) is 42.1 Å². The molecule has 15 heteroatoms. The Balaban J connectivity index is 1.28. The van der Waals surface area contributed by atoms with E-state index in [-0.39, 0.29) is 30.4 Å². The van der Waals surface area contributed by atoms with Gasteiger partial charge in [0.15, 0.2) is 0 Å². The van der Waals surface area contributed by atoms with E-state index in [0.29, 0.717) is 28.5 Å². The van der Waals surface area contributed by atoms with Crippen LogP contribution in [0.1, 0.15) is 34.4 Å². The van der Waals surface area contributed by atoms with Crippen LogP contribution in [-0.4, -0.2) is 62.3 Å². The molecule has 0 unspecified atom stereocenters. The van der Waals surface area contributed by atoms with Crippen LogP contribution in [0.25, 0.3) is 0 Å². The number of furan rings is 1. The van der Waals surface area contributed by atoms with E-state index >= 15 is 0 Å². The molecule has 1 aromatic heterocycles. The van der Waals surface area contributed by atoms with E-state index in [4.69, 9.17) is 20.8 Å². The van der Waals surface area contributed by atoms with E-state index in [1.807, 2.05) is 30.3 Å². The molecule has 0 saturated heterocycles. The summed E-state index contributed by atoms with van der Waals surface area (Å²) in [6.45, 7) is 1.34. The average molecular weight is 694 g/mol. The van der Waals surface area contributed by atoms with E-state index in [1.165, 1.54) is 60.8 Å². The van der Waals surface area contributed by atoms with E-state index in [1.54, 1.807) is 13.0 Å². The molecule has 3 N–H and O–H groups in total. The van der Waals surface area contributed by atoms with Gasteiger partial charge in [0.2, 0.25) is 10.0 Å². The number of nitrogens with zero attached hydrogens (tertiary/aromatic N) is 2. The average Bonchev–Trinajstić information content (AvgIpc) is 3.54. The van der Waals surface area contributed by atoms with Crippen molar-refractivity contribution in [1.82, 2.24) is 15.0 Å². The quantitative estimate of drug-likeness (QED) is 0.0774. The highest BCUT2D eigenvalue weighted by molar-refractivity contribution is 7.89. The Morgan fingerprint density at radius 1 is 0.917 bits per heavy atom. The number of hydrazone groups is 1. The minimum absolute atomic E-state index is 0.00589. The normalized spacial score (nSPS) is 11.3. The molecule has 0 bridgehead atoms. The van der Waals surface area contributed by atoms with Crippen LogP contribution in [0.4, 0.5) is 5.69 Å². The number of halogens is 1. The Hall–Kier alpha value is -5.31. The predicted molar refractivity (Wildman–Crippen MR) is 178 cm³/mol. The lowest BCUT2D eigenvalue weighted by atomic mass is 10.1. The lowest BCUT2D eigenvalue weighted by Crippen LogP contribution is -2.40. The number of anilines is 1. The van der Waals surface area contributed by atoms with Gasteiger partial charge in [-0.15, -0.1) is 0 Å². The molecule has 0 aliphatic rings. The monoisotopic (exact) mass is 693 g/mol. The third-order valence-corrected chi connectivity index (χ3v) is 8.72. The molecule has 13 nitrogen and oxygen atoms in total. The number of carbonyl (C=O) groups is 4. The SMILES string of the molecule is CCOC(=O)c1ccc(NC(=O)C(=O)NCc2ccc(/C=N\NC(=O)CN(CCc3ccccc3)S(=O)(=O)c3ccc(Cl)cc3)o2)cc1. The maximum atomic E-state index is 13.4. The molecule has 0 saturated carbocycles.